The van der Waals surface area contributed by atoms with Crippen molar-refractivity contribution in [1.29, 1.82) is 0 Å². The molecule has 2 aromatic carbocycles. The van der Waals surface area contributed by atoms with Crippen molar-refractivity contribution >= 4 is 55.1 Å². The van der Waals surface area contributed by atoms with E-state index >= 15 is 0 Å². The van der Waals surface area contributed by atoms with Gasteiger partial charge in [-0.15, -0.1) is 0 Å². The molecule has 1 amide bonds. The van der Waals surface area contributed by atoms with E-state index in [1.54, 1.807) is 18.2 Å². The number of nitrogens with one attached hydrogen (secondary N) is 1. The van der Waals surface area contributed by atoms with Crippen LogP contribution in [-0.4, -0.2) is 27.0 Å². The fourth-order valence-electron chi connectivity index (χ4n) is 2.77. The molecule has 142 valence electrons. The molecule has 4 aromatic rings. The molecule has 0 atom stereocenters. The summed E-state index contributed by atoms with van der Waals surface area (Å²) < 4.78 is 7.64. The summed E-state index contributed by atoms with van der Waals surface area (Å²) >= 11 is 7.31. The SMILES string of the molecule is CCOc1ccc2sc(NC(=O)Cn3cnc4ccc(Cl)cc4c3=O)nc2c1. The number of halogens is 1. The van der Waals surface area contributed by atoms with Gasteiger partial charge in [0, 0.05) is 11.1 Å². The van der Waals surface area contributed by atoms with Gasteiger partial charge in [0.05, 0.1) is 34.1 Å². The topological polar surface area (TPSA) is 86.1 Å². The minimum Gasteiger partial charge on any atom is -0.494 e. The van der Waals surface area contributed by atoms with E-state index < -0.39 is 0 Å². The van der Waals surface area contributed by atoms with Crippen LogP contribution in [0.25, 0.3) is 21.1 Å². The zero-order valence-electron chi connectivity index (χ0n) is 14.8. The van der Waals surface area contributed by atoms with Gasteiger partial charge in [-0.25, -0.2) is 9.97 Å². The smallest absolute Gasteiger partial charge is 0.261 e. The predicted octanol–water partition coefficient (Wildman–Crippen LogP) is 3.70. The van der Waals surface area contributed by atoms with Crippen LogP contribution < -0.4 is 15.6 Å². The minimum absolute atomic E-state index is 0.172. The Kier molecular flexibility index (Phi) is 4.97. The number of anilines is 1. The summed E-state index contributed by atoms with van der Waals surface area (Å²) in [5.41, 5.74) is 0.945. The highest BCUT2D eigenvalue weighted by atomic mass is 35.5. The molecular formula is C19H15ClN4O3S. The van der Waals surface area contributed by atoms with Crippen molar-refractivity contribution in [1.82, 2.24) is 14.5 Å². The summed E-state index contributed by atoms with van der Waals surface area (Å²) in [6.45, 7) is 2.31. The van der Waals surface area contributed by atoms with Crippen molar-refractivity contribution < 1.29 is 9.53 Å². The first-order valence-corrected chi connectivity index (χ1v) is 9.71. The normalized spacial score (nSPS) is 11.1. The van der Waals surface area contributed by atoms with E-state index in [-0.39, 0.29) is 18.0 Å². The van der Waals surface area contributed by atoms with E-state index in [1.165, 1.54) is 22.2 Å². The van der Waals surface area contributed by atoms with Gasteiger partial charge in [0.2, 0.25) is 5.91 Å². The third-order valence-electron chi connectivity index (χ3n) is 4.02. The third-order valence-corrected chi connectivity index (χ3v) is 5.20. The zero-order valence-corrected chi connectivity index (χ0v) is 16.4. The maximum Gasteiger partial charge on any atom is 0.261 e. The molecule has 1 N–H and O–H groups in total. The first-order chi connectivity index (χ1) is 13.5. The number of ether oxygens (including phenoxy) is 1. The summed E-state index contributed by atoms with van der Waals surface area (Å²) in [6, 6.07) is 10.5. The second-order valence-corrected chi connectivity index (χ2v) is 7.44. The van der Waals surface area contributed by atoms with E-state index in [4.69, 9.17) is 16.3 Å². The number of aromatic nitrogens is 3. The molecule has 0 unspecified atom stereocenters. The highest BCUT2D eigenvalue weighted by Crippen LogP contribution is 2.29. The molecule has 0 aliphatic heterocycles. The van der Waals surface area contributed by atoms with Crippen molar-refractivity contribution in [2.45, 2.75) is 13.5 Å². The number of benzene rings is 2. The molecular weight excluding hydrogens is 400 g/mol. The standard InChI is InChI=1S/C19H15ClN4O3S/c1-2-27-12-4-6-16-15(8-12)22-19(28-16)23-17(25)9-24-10-21-14-5-3-11(20)7-13(14)18(24)26/h3-8,10H,2,9H2,1H3,(H,22,23,25). The number of carbonyl (C=O) groups excluding carboxylic acids is 1. The molecule has 0 saturated heterocycles. The number of nitrogens with zero attached hydrogens (tertiary/aromatic N) is 3. The number of hydrogen-bond acceptors (Lipinski definition) is 6. The molecule has 0 radical (unpaired) electrons. The molecule has 0 aliphatic carbocycles. The van der Waals surface area contributed by atoms with E-state index in [9.17, 15) is 9.59 Å². The average Bonchev–Trinajstić information content (AvgIpc) is 3.06. The van der Waals surface area contributed by atoms with Crippen LogP contribution in [0.1, 0.15) is 6.92 Å². The molecule has 4 rings (SSSR count). The number of carbonyl (C=O) groups is 1. The average molecular weight is 415 g/mol. The summed E-state index contributed by atoms with van der Waals surface area (Å²) in [4.78, 5) is 33.6. The first kappa shape index (κ1) is 18.4. The van der Waals surface area contributed by atoms with Crippen LogP contribution in [0, 0.1) is 0 Å². The van der Waals surface area contributed by atoms with E-state index in [0.717, 1.165) is 16.0 Å². The Hall–Kier alpha value is -2.97. The molecule has 0 saturated carbocycles. The van der Waals surface area contributed by atoms with Gasteiger partial charge in [-0.3, -0.25) is 14.2 Å². The van der Waals surface area contributed by atoms with Gasteiger partial charge in [0.25, 0.3) is 5.56 Å². The summed E-state index contributed by atoms with van der Waals surface area (Å²) in [5.74, 6) is 0.361. The van der Waals surface area contributed by atoms with Gasteiger partial charge in [0.15, 0.2) is 5.13 Å². The van der Waals surface area contributed by atoms with Crippen LogP contribution in [-0.2, 0) is 11.3 Å². The Labute approximate surface area is 168 Å². The fourth-order valence-corrected chi connectivity index (χ4v) is 3.81. The number of hydrogen-bond donors (Lipinski definition) is 1. The van der Waals surface area contributed by atoms with Crippen LogP contribution in [0.4, 0.5) is 5.13 Å². The van der Waals surface area contributed by atoms with Crippen molar-refractivity contribution in [2.75, 3.05) is 11.9 Å². The lowest BCUT2D eigenvalue weighted by Crippen LogP contribution is -2.27. The van der Waals surface area contributed by atoms with Crippen molar-refractivity contribution in [3.05, 3.63) is 58.1 Å². The second kappa shape index (κ2) is 7.57. The van der Waals surface area contributed by atoms with Crippen LogP contribution in [0.3, 0.4) is 0 Å². The Bertz CT molecular complexity index is 1250. The zero-order chi connectivity index (χ0) is 19.7. The second-order valence-electron chi connectivity index (χ2n) is 5.97. The van der Waals surface area contributed by atoms with Gasteiger partial charge in [-0.1, -0.05) is 22.9 Å². The van der Waals surface area contributed by atoms with Crippen molar-refractivity contribution in [2.24, 2.45) is 0 Å². The lowest BCUT2D eigenvalue weighted by molar-refractivity contribution is -0.116. The van der Waals surface area contributed by atoms with Crippen molar-refractivity contribution in [3.8, 4) is 5.75 Å². The van der Waals surface area contributed by atoms with Gasteiger partial charge in [-0.05, 0) is 37.3 Å². The number of amides is 1. The highest BCUT2D eigenvalue weighted by Gasteiger charge is 2.12. The van der Waals surface area contributed by atoms with Crippen LogP contribution in [0.2, 0.25) is 5.02 Å². The maximum absolute atomic E-state index is 12.6. The van der Waals surface area contributed by atoms with Crippen molar-refractivity contribution in [3.63, 3.8) is 0 Å². The lowest BCUT2D eigenvalue weighted by atomic mass is 10.2. The molecule has 7 nitrogen and oxygen atoms in total. The molecule has 0 spiro atoms. The largest absolute Gasteiger partial charge is 0.494 e. The van der Waals surface area contributed by atoms with E-state index in [1.807, 2.05) is 25.1 Å². The summed E-state index contributed by atoms with van der Waals surface area (Å²) in [6.07, 6.45) is 1.35. The summed E-state index contributed by atoms with van der Waals surface area (Å²) in [7, 11) is 0. The van der Waals surface area contributed by atoms with Gasteiger partial charge < -0.3 is 10.1 Å². The Balaban J connectivity index is 1.54. The fraction of sp³-hybridized carbons (Fsp3) is 0.158. The van der Waals surface area contributed by atoms with Gasteiger partial charge in [0.1, 0.15) is 12.3 Å². The van der Waals surface area contributed by atoms with Gasteiger partial charge >= 0.3 is 0 Å². The molecule has 28 heavy (non-hydrogen) atoms. The summed E-state index contributed by atoms with van der Waals surface area (Å²) in [5, 5.41) is 4.00. The minimum atomic E-state index is -0.366. The molecule has 9 heteroatoms. The maximum atomic E-state index is 12.6. The molecule has 0 fully saturated rings. The van der Waals surface area contributed by atoms with E-state index in [2.05, 4.69) is 15.3 Å². The Morgan fingerprint density at radius 3 is 2.93 bits per heavy atom. The van der Waals surface area contributed by atoms with Crippen LogP contribution in [0.5, 0.6) is 5.75 Å². The Morgan fingerprint density at radius 2 is 2.11 bits per heavy atom. The monoisotopic (exact) mass is 414 g/mol. The lowest BCUT2D eigenvalue weighted by Gasteiger charge is -2.06. The Morgan fingerprint density at radius 1 is 1.25 bits per heavy atom. The molecule has 2 heterocycles. The van der Waals surface area contributed by atoms with Gasteiger partial charge in [-0.2, -0.15) is 0 Å². The number of thiazole rings is 1. The predicted molar refractivity (Wildman–Crippen MR) is 110 cm³/mol. The molecule has 0 aliphatic rings. The quantitative estimate of drug-likeness (QED) is 0.538. The van der Waals surface area contributed by atoms with Crippen LogP contribution >= 0.6 is 22.9 Å². The van der Waals surface area contributed by atoms with Crippen LogP contribution in [0.15, 0.2) is 47.5 Å². The third kappa shape index (κ3) is 3.69. The molecule has 0 bridgehead atoms. The first-order valence-electron chi connectivity index (χ1n) is 8.51. The number of rotatable bonds is 5. The number of fused-ring (bicyclic) bond motifs is 2. The van der Waals surface area contributed by atoms with E-state index in [0.29, 0.717) is 27.7 Å². The molecule has 2 aromatic heterocycles. The highest BCUT2D eigenvalue weighted by molar-refractivity contribution is 7.22.